The summed E-state index contributed by atoms with van der Waals surface area (Å²) in [5.74, 6) is 2.38. The maximum atomic E-state index is 5.14. The normalized spacial score (nSPS) is 13.8. The number of fused-ring (bicyclic) bond motifs is 3. The zero-order chi connectivity index (χ0) is 38.1. The Hall–Kier alpha value is -7.37. The van der Waals surface area contributed by atoms with E-state index in [9.17, 15) is 0 Å². The van der Waals surface area contributed by atoms with E-state index in [2.05, 4.69) is 198 Å². The summed E-state index contributed by atoms with van der Waals surface area (Å²) >= 11 is 0. The molecule has 10 rings (SSSR count). The summed E-state index contributed by atoms with van der Waals surface area (Å²) in [6.07, 6.45) is 7.42. The van der Waals surface area contributed by atoms with Gasteiger partial charge in [-0.05, 0) is 84.1 Å². The number of allylic oxidation sites excluding steroid dienone is 4. The van der Waals surface area contributed by atoms with Crippen LogP contribution >= 0.6 is 0 Å². The van der Waals surface area contributed by atoms with Gasteiger partial charge in [0.25, 0.3) is 0 Å². The highest BCUT2D eigenvalue weighted by Crippen LogP contribution is 2.39. The smallest absolute Gasteiger partial charge is 0.164 e. The quantitative estimate of drug-likeness (QED) is 0.156. The lowest BCUT2D eigenvalue weighted by atomic mass is 9.92. The van der Waals surface area contributed by atoms with E-state index in [1.807, 2.05) is 18.2 Å². The Labute approximate surface area is 332 Å². The van der Waals surface area contributed by atoms with Gasteiger partial charge < -0.3 is 9.47 Å². The molecule has 1 atom stereocenters. The van der Waals surface area contributed by atoms with Crippen LogP contribution < -0.4 is 4.90 Å². The molecule has 0 radical (unpaired) electrons. The van der Waals surface area contributed by atoms with Gasteiger partial charge in [-0.15, -0.1) is 0 Å². The first-order chi connectivity index (χ1) is 28.2. The van der Waals surface area contributed by atoms with Gasteiger partial charge in [0.15, 0.2) is 17.5 Å². The third kappa shape index (κ3) is 6.49. The van der Waals surface area contributed by atoms with Crippen LogP contribution in [0.4, 0.5) is 17.1 Å². The van der Waals surface area contributed by atoms with Gasteiger partial charge in [-0.3, -0.25) is 0 Å². The van der Waals surface area contributed by atoms with E-state index < -0.39 is 0 Å². The first kappa shape index (κ1) is 34.1. The summed E-state index contributed by atoms with van der Waals surface area (Å²) in [7, 11) is 0. The zero-order valence-corrected chi connectivity index (χ0v) is 31.6. The number of rotatable bonds is 8. The molecule has 272 valence electrons. The van der Waals surface area contributed by atoms with E-state index in [-0.39, 0.29) is 0 Å². The van der Waals surface area contributed by atoms with Crippen LogP contribution in [-0.2, 0) is 0 Å². The second kappa shape index (κ2) is 14.7. The van der Waals surface area contributed by atoms with Crippen molar-refractivity contribution < 1.29 is 0 Å². The second-order valence-electron chi connectivity index (χ2n) is 14.5. The van der Waals surface area contributed by atoms with Crippen LogP contribution in [0.25, 0.3) is 67.0 Å². The molecule has 0 aliphatic heterocycles. The predicted molar refractivity (Wildman–Crippen MR) is 236 cm³/mol. The Bertz CT molecular complexity index is 2880. The van der Waals surface area contributed by atoms with Crippen molar-refractivity contribution in [2.75, 3.05) is 4.90 Å². The number of hydrogen-bond acceptors (Lipinski definition) is 4. The molecule has 0 N–H and O–H groups in total. The first-order valence-corrected chi connectivity index (χ1v) is 19.5. The number of para-hydroxylation sites is 3. The molecule has 5 nitrogen and oxygen atoms in total. The highest BCUT2D eigenvalue weighted by atomic mass is 15.1. The molecule has 0 saturated carbocycles. The zero-order valence-electron chi connectivity index (χ0n) is 31.6. The SMILES string of the molecule is CC1CC=CC=C1c1nc(-c2ccccc2)nc(-c2ccc3c4ccc(-c5ccc(N(c6ccccc6)c6ccccc6)cc5)cc4n(-c4ccccc4)c3c2)n1. The van der Waals surface area contributed by atoms with E-state index in [1.165, 1.54) is 10.8 Å². The average Bonchev–Trinajstić information content (AvgIpc) is 3.61. The highest BCUT2D eigenvalue weighted by molar-refractivity contribution is 6.11. The largest absolute Gasteiger partial charge is 0.311 e. The molecule has 2 aromatic heterocycles. The minimum Gasteiger partial charge on any atom is -0.311 e. The van der Waals surface area contributed by atoms with Gasteiger partial charge in [0.2, 0.25) is 0 Å². The van der Waals surface area contributed by atoms with Crippen LogP contribution in [0.15, 0.2) is 200 Å². The number of aromatic nitrogens is 4. The highest BCUT2D eigenvalue weighted by Gasteiger charge is 2.21. The van der Waals surface area contributed by atoms with Crippen molar-refractivity contribution in [2.24, 2.45) is 5.92 Å². The van der Waals surface area contributed by atoms with Crippen molar-refractivity contribution >= 4 is 44.4 Å². The van der Waals surface area contributed by atoms with Crippen molar-refractivity contribution in [3.8, 4) is 39.6 Å². The molecule has 7 aromatic carbocycles. The summed E-state index contributed by atoms with van der Waals surface area (Å²) in [5.41, 5.74) is 12.0. The molecule has 1 aliphatic carbocycles. The monoisotopic (exact) mass is 733 g/mol. The van der Waals surface area contributed by atoms with Crippen LogP contribution in [0.1, 0.15) is 19.2 Å². The molecule has 9 aromatic rings. The molecule has 0 spiro atoms. The van der Waals surface area contributed by atoms with Gasteiger partial charge in [-0.2, -0.15) is 0 Å². The van der Waals surface area contributed by atoms with Gasteiger partial charge in [-0.25, -0.2) is 15.0 Å². The van der Waals surface area contributed by atoms with Crippen LogP contribution in [0, 0.1) is 5.92 Å². The predicted octanol–water partition coefficient (Wildman–Crippen LogP) is 13.4. The maximum absolute atomic E-state index is 5.14. The molecule has 5 heteroatoms. The van der Waals surface area contributed by atoms with Crippen molar-refractivity contribution in [3.05, 3.63) is 206 Å². The van der Waals surface area contributed by atoms with Crippen molar-refractivity contribution in [3.63, 3.8) is 0 Å². The van der Waals surface area contributed by atoms with E-state index >= 15 is 0 Å². The molecular weight excluding hydrogens is 695 g/mol. The fraction of sp³-hybridized carbons (Fsp3) is 0.0577. The minimum absolute atomic E-state index is 0.314. The van der Waals surface area contributed by atoms with E-state index in [1.54, 1.807) is 0 Å². The third-order valence-electron chi connectivity index (χ3n) is 10.9. The molecule has 0 bridgehead atoms. The number of benzene rings is 7. The van der Waals surface area contributed by atoms with E-state index in [0.29, 0.717) is 17.6 Å². The number of hydrogen-bond donors (Lipinski definition) is 0. The molecule has 1 unspecified atom stereocenters. The Kier molecular flexibility index (Phi) is 8.81. The molecule has 1 aliphatic rings. The molecule has 0 saturated heterocycles. The minimum atomic E-state index is 0.314. The van der Waals surface area contributed by atoms with Gasteiger partial charge in [0, 0.05) is 50.2 Å². The Morgan fingerprint density at radius 3 is 1.58 bits per heavy atom. The molecule has 57 heavy (non-hydrogen) atoms. The Morgan fingerprint density at radius 2 is 0.965 bits per heavy atom. The topological polar surface area (TPSA) is 46.8 Å². The summed E-state index contributed by atoms with van der Waals surface area (Å²) in [6, 6.07) is 64.2. The summed E-state index contributed by atoms with van der Waals surface area (Å²) in [4.78, 5) is 17.5. The van der Waals surface area contributed by atoms with Crippen molar-refractivity contribution in [1.82, 2.24) is 19.5 Å². The van der Waals surface area contributed by atoms with Crippen LogP contribution in [0.5, 0.6) is 0 Å². The molecule has 0 amide bonds. The van der Waals surface area contributed by atoms with Crippen molar-refractivity contribution in [1.29, 1.82) is 0 Å². The van der Waals surface area contributed by atoms with Crippen LogP contribution in [-0.4, -0.2) is 19.5 Å². The van der Waals surface area contributed by atoms with Gasteiger partial charge in [0.1, 0.15) is 0 Å². The van der Waals surface area contributed by atoms with Gasteiger partial charge in [0.05, 0.1) is 11.0 Å². The summed E-state index contributed by atoms with van der Waals surface area (Å²) in [6.45, 7) is 2.23. The molecule has 0 fully saturated rings. The van der Waals surface area contributed by atoms with Crippen molar-refractivity contribution in [2.45, 2.75) is 13.3 Å². The summed E-state index contributed by atoms with van der Waals surface area (Å²) in [5, 5.41) is 2.36. The number of nitrogens with zero attached hydrogens (tertiary/aromatic N) is 5. The Balaban J connectivity index is 1.10. The van der Waals surface area contributed by atoms with Gasteiger partial charge in [-0.1, -0.05) is 146 Å². The fourth-order valence-corrected chi connectivity index (χ4v) is 7.99. The second-order valence-corrected chi connectivity index (χ2v) is 14.5. The van der Waals surface area contributed by atoms with Gasteiger partial charge >= 0.3 is 0 Å². The first-order valence-electron chi connectivity index (χ1n) is 19.5. The maximum Gasteiger partial charge on any atom is 0.164 e. The molecule has 2 heterocycles. The standard InChI is InChI=1S/C52H39N5/c1-36-16-14-15-25-45(36)52-54-50(38-17-6-2-7-18-38)53-51(55-52)40-29-33-47-46-32-28-39(34-48(46)57(49(47)35-40)43-23-12-5-13-24-43)37-26-30-44(31-27-37)56(41-19-8-3-9-20-41)42-21-10-4-11-22-42/h2-15,17-36H,16H2,1H3. The summed E-state index contributed by atoms with van der Waals surface area (Å²) < 4.78 is 2.37. The van der Waals surface area contributed by atoms with E-state index in [4.69, 9.17) is 15.0 Å². The van der Waals surface area contributed by atoms with E-state index in [0.717, 1.165) is 73.9 Å². The number of anilines is 3. The average molecular weight is 734 g/mol. The lowest BCUT2D eigenvalue weighted by Gasteiger charge is -2.25. The van der Waals surface area contributed by atoms with Crippen LogP contribution in [0.3, 0.4) is 0 Å². The third-order valence-corrected chi connectivity index (χ3v) is 10.9. The Morgan fingerprint density at radius 1 is 0.474 bits per heavy atom. The lowest BCUT2D eigenvalue weighted by Crippen LogP contribution is -2.09. The molecular formula is C52H39N5. The fourth-order valence-electron chi connectivity index (χ4n) is 7.99. The van der Waals surface area contributed by atoms with Crippen LogP contribution in [0.2, 0.25) is 0 Å². The lowest BCUT2D eigenvalue weighted by molar-refractivity contribution is 0.747.